The Kier molecular flexibility index (Phi) is 10.1. The second-order valence-corrected chi connectivity index (χ2v) is 18.1. The van der Waals surface area contributed by atoms with E-state index in [1.807, 2.05) is 0 Å². The van der Waals surface area contributed by atoms with Crippen molar-refractivity contribution in [3.63, 3.8) is 0 Å². The molecule has 0 saturated heterocycles. The number of fused-ring (bicyclic) bond motifs is 9. The number of hydrogen-bond donors (Lipinski definition) is 0. The number of benzene rings is 11. The van der Waals surface area contributed by atoms with Gasteiger partial charge < -0.3 is 14.7 Å². The van der Waals surface area contributed by atoms with Gasteiger partial charge in [0.2, 0.25) is 0 Å². The molecule has 1 aliphatic heterocycles. The van der Waals surface area contributed by atoms with Crippen LogP contribution in [0.15, 0.2) is 285 Å². The van der Waals surface area contributed by atoms with E-state index in [0.717, 1.165) is 51.2 Å². The van der Waals surface area contributed by atoms with Crippen molar-refractivity contribution in [2.24, 2.45) is 0 Å². The van der Waals surface area contributed by atoms with Crippen LogP contribution in [0.2, 0.25) is 0 Å². The summed E-state index contributed by atoms with van der Waals surface area (Å²) in [6.07, 6.45) is 0. The third-order valence-corrected chi connectivity index (χ3v) is 14.2. The molecule has 330 valence electrons. The average Bonchev–Trinajstić information content (AvgIpc) is 3.73. The lowest BCUT2D eigenvalue weighted by atomic mass is 9.64. The number of anilines is 9. The first kappa shape index (κ1) is 41.0. The fourth-order valence-corrected chi connectivity index (χ4v) is 11.2. The zero-order valence-electron chi connectivity index (χ0n) is 38.5. The zero-order valence-corrected chi connectivity index (χ0v) is 38.5. The molecular formula is C67H47N3. The molecule has 0 amide bonds. The number of hydrogen-bond acceptors (Lipinski definition) is 3. The summed E-state index contributed by atoms with van der Waals surface area (Å²) in [7, 11) is 0. The maximum absolute atomic E-state index is 2.49. The summed E-state index contributed by atoms with van der Waals surface area (Å²) in [5.74, 6) is 0. The molecule has 70 heavy (non-hydrogen) atoms. The second-order valence-electron chi connectivity index (χ2n) is 18.1. The molecule has 0 unspecified atom stereocenters. The molecule has 1 aliphatic carbocycles. The lowest BCUT2D eigenvalue weighted by molar-refractivity contribution is 0.752. The largest absolute Gasteiger partial charge is 0.310 e. The van der Waals surface area contributed by atoms with Gasteiger partial charge in [0, 0.05) is 39.7 Å². The smallest absolute Gasteiger partial charge is 0.0755 e. The molecule has 3 nitrogen and oxygen atoms in total. The van der Waals surface area contributed by atoms with Gasteiger partial charge in [-0.15, -0.1) is 0 Å². The Morgan fingerprint density at radius 1 is 0.271 bits per heavy atom. The summed E-state index contributed by atoms with van der Waals surface area (Å²) in [6, 6.07) is 104. The van der Waals surface area contributed by atoms with Crippen molar-refractivity contribution in [2.75, 3.05) is 14.7 Å². The van der Waals surface area contributed by atoms with Gasteiger partial charge in [-0.25, -0.2) is 0 Å². The van der Waals surface area contributed by atoms with Gasteiger partial charge in [-0.05, 0) is 141 Å². The average molecular weight is 894 g/mol. The van der Waals surface area contributed by atoms with Crippen LogP contribution in [0.5, 0.6) is 0 Å². The molecule has 0 atom stereocenters. The molecule has 2 aliphatic rings. The summed E-state index contributed by atoms with van der Waals surface area (Å²) < 4.78 is 0. The van der Waals surface area contributed by atoms with Gasteiger partial charge in [0.25, 0.3) is 0 Å². The molecule has 1 spiro atoms. The fraction of sp³-hybridized carbons (Fsp3) is 0.0149. The molecule has 11 aromatic carbocycles. The van der Waals surface area contributed by atoms with Crippen molar-refractivity contribution in [2.45, 2.75) is 5.41 Å². The summed E-state index contributed by atoms with van der Waals surface area (Å²) in [5.41, 5.74) is 21.5. The predicted molar refractivity (Wildman–Crippen MR) is 292 cm³/mol. The predicted octanol–water partition coefficient (Wildman–Crippen LogP) is 18.1. The van der Waals surface area contributed by atoms with Crippen LogP contribution < -0.4 is 14.7 Å². The molecule has 11 aromatic rings. The molecule has 0 radical (unpaired) electrons. The molecule has 0 aromatic heterocycles. The Labute approximate surface area is 410 Å². The van der Waals surface area contributed by atoms with Crippen LogP contribution >= 0.6 is 0 Å². The van der Waals surface area contributed by atoms with Crippen LogP contribution in [0.1, 0.15) is 22.3 Å². The molecular weight excluding hydrogens is 847 g/mol. The van der Waals surface area contributed by atoms with Crippen LogP contribution in [-0.4, -0.2) is 0 Å². The standard InChI is InChI=1S/C67H47N3/c1-6-21-48(22-7-1)50-37-41-55(42-38-50)68(52-25-10-3-11-26-52)57-45-46-58-62(47-57)67(59-31-16-18-34-63(59)70(54-29-14-5-15-30-54)64-35-19-17-32-60(64)67)61-33-20-36-65(66(58)61)69(53-27-12-4-13-28-53)56-43-39-51(40-44-56)49-23-8-2-9-24-49/h1-47H. The van der Waals surface area contributed by atoms with E-state index in [0.29, 0.717) is 0 Å². The number of nitrogens with zero attached hydrogens (tertiary/aromatic N) is 3. The Hall–Kier alpha value is -9.18. The Morgan fingerprint density at radius 3 is 1.21 bits per heavy atom. The first-order valence-corrected chi connectivity index (χ1v) is 24.1. The van der Waals surface area contributed by atoms with E-state index in [1.54, 1.807) is 0 Å². The van der Waals surface area contributed by atoms with Gasteiger partial charge >= 0.3 is 0 Å². The molecule has 1 heterocycles. The van der Waals surface area contributed by atoms with Crippen LogP contribution in [0.4, 0.5) is 51.2 Å². The lowest BCUT2D eigenvalue weighted by Gasteiger charge is -2.45. The fourth-order valence-electron chi connectivity index (χ4n) is 11.2. The lowest BCUT2D eigenvalue weighted by Crippen LogP contribution is -2.36. The molecule has 3 heteroatoms. The Balaban J connectivity index is 1.08. The van der Waals surface area contributed by atoms with E-state index in [1.165, 1.54) is 55.6 Å². The highest BCUT2D eigenvalue weighted by Gasteiger charge is 2.53. The quantitative estimate of drug-likeness (QED) is 0.143. The summed E-state index contributed by atoms with van der Waals surface area (Å²) in [5, 5.41) is 0. The van der Waals surface area contributed by atoms with E-state index in [4.69, 9.17) is 0 Å². The van der Waals surface area contributed by atoms with Gasteiger partial charge in [-0.1, -0.05) is 194 Å². The number of rotatable bonds is 9. The summed E-state index contributed by atoms with van der Waals surface area (Å²) >= 11 is 0. The third kappa shape index (κ3) is 6.66. The number of para-hydroxylation sites is 5. The second kappa shape index (κ2) is 17.2. The van der Waals surface area contributed by atoms with Gasteiger partial charge in [0.15, 0.2) is 0 Å². The van der Waals surface area contributed by atoms with Crippen LogP contribution in [0, 0.1) is 0 Å². The highest BCUT2D eigenvalue weighted by molar-refractivity contribution is 6.02. The van der Waals surface area contributed by atoms with E-state index in [9.17, 15) is 0 Å². The van der Waals surface area contributed by atoms with Gasteiger partial charge in [-0.3, -0.25) is 0 Å². The van der Waals surface area contributed by atoms with Crippen molar-refractivity contribution in [1.29, 1.82) is 0 Å². The zero-order chi connectivity index (χ0) is 46.4. The van der Waals surface area contributed by atoms with Crippen molar-refractivity contribution >= 4 is 51.2 Å². The van der Waals surface area contributed by atoms with E-state index in [2.05, 4.69) is 300 Å². The first-order valence-electron chi connectivity index (χ1n) is 24.1. The SMILES string of the molecule is c1ccc(-c2ccc(N(c3ccccc3)c3ccc4c(c3)C3(c5ccccc5N(c5ccccc5)c5ccccc53)c3cccc(N(c5ccccc5)c5ccc(-c6ccccc6)cc5)c3-4)cc2)cc1. The Bertz CT molecular complexity index is 3580. The Morgan fingerprint density at radius 2 is 0.671 bits per heavy atom. The first-order chi connectivity index (χ1) is 34.8. The minimum atomic E-state index is -0.700. The summed E-state index contributed by atoms with van der Waals surface area (Å²) in [4.78, 5) is 7.32. The maximum atomic E-state index is 2.49. The van der Waals surface area contributed by atoms with Crippen molar-refractivity contribution < 1.29 is 0 Å². The van der Waals surface area contributed by atoms with Gasteiger partial charge in [-0.2, -0.15) is 0 Å². The van der Waals surface area contributed by atoms with Crippen LogP contribution in [0.3, 0.4) is 0 Å². The third-order valence-electron chi connectivity index (χ3n) is 14.2. The highest BCUT2D eigenvalue weighted by Crippen LogP contribution is 2.65. The monoisotopic (exact) mass is 893 g/mol. The van der Waals surface area contributed by atoms with E-state index >= 15 is 0 Å². The molecule has 0 N–H and O–H groups in total. The van der Waals surface area contributed by atoms with Crippen LogP contribution in [0.25, 0.3) is 33.4 Å². The minimum absolute atomic E-state index is 0.700. The summed E-state index contributed by atoms with van der Waals surface area (Å²) in [6.45, 7) is 0. The van der Waals surface area contributed by atoms with Gasteiger partial charge in [0.05, 0.1) is 22.5 Å². The normalized spacial score (nSPS) is 12.7. The van der Waals surface area contributed by atoms with Crippen molar-refractivity contribution in [3.8, 4) is 33.4 Å². The topological polar surface area (TPSA) is 9.72 Å². The maximum Gasteiger partial charge on any atom is 0.0755 e. The van der Waals surface area contributed by atoms with Gasteiger partial charge in [0.1, 0.15) is 0 Å². The van der Waals surface area contributed by atoms with E-state index < -0.39 is 5.41 Å². The van der Waals surface area contributed by atoms with E-state index in [-0.39, 0.29) is 0 Å². The highest BCUT2D eigenvalue weighted by atomic mass is 15.2. The molecule has 13 rings (SSSR count). The van der Waals surface area contributed by atoms with Crippen molar-refractivity contribution in [3.05, 3.63) is 307 Å². The van der Waals surface area contributed by atoms with Crippen LogP contribution in [-0.2, 0) is 5.41 Å². The van der Waals surface area contributed by atoms with Crippen molar-refractivity contribution in [1.82, 2.24) is 0 Å². The minimum Gasteiger partial charge on any atom is -0.310 e. The molecule has 0 fully saturated rings. The molecule has 0 saturated carbocycles. The molecule has 0 bridgehead atoms.